The fourth-order valence-corrected chi connectivity index (χ4v) is 1.48. The number of carbonyl (C=O) groups is 1. The van der Waals surface area contributed by atoms with Gasteiger partial charge in [0.25, 0.3) is 0 Å². The van der Waals surface area contributed by atoms with Gasteiger partial charge in [0, 0.05) is 18.9 Å². The third-order valence-corrected chi connectivity index (χ3v) is 1.94. The molecule has 0 saturated carbocycles. The minimum atomic E-state index is 0.123. The molecule has 1 saturated heterocycles. The lowest BCUT2D eigenvalue weighted by atomic mass is 10.0. The van der Waals surface area contributed by atoms with Crippen LogP contribution in [-0.4, -0.2) is 16.9 Å². The minimum Gasteiger partial charge on any atom is -0.393 e. The van der Waals surface area contributed by atoms with E-state index in [1.54, 1.807) is 0 Å². The molecule has 62 valence electrons. The maximum absolute atomic E-state index is 10.9. The first-order valence-corrected chi connectivity index (χ1v) is 4.17. The molecule has 1 heterocycles. The zero-order valence-corrected chi connectivity index (χ0v) is 7.12. The van der Waals surface area contributed by atoms with Crippen molar-refractivity contribution in [2.75, 3.05) is 0 Å². The Kier molecular flexibility index (Phi) is 2.82. The maximum Gasteiger partial charge on any atom is 0.220 e. The molecule has 3 nitrogen and oxygen atoms in total. The molecule has 0 bridgehead atoms. The van der Waals surface area contributed by atoms with Crippen LogP contribution in [0.1, 0.15) is 25.7 Å². The molecule has 3 N–H and O–H groups in total. The highest BCUT2D eigenvalue weighted by Gasteiger charge is 2.17. The van der Waals surface area contributed by atoms with Crippen molar-refractivity contribution in [3.63, 3.8) is 0 Å². The van der Waals surface area contributed by atoms with Gasteiger partial charge >= 0.3 is 0 Å². The molecule has 0 aromatic heterocycles. The van der Waals surface area contributed by atoms with Crippen molar-refractivity contribution in [3.8, 4) is 0 Å². The highest BCUT2D eigenvalue weighted by atomic mass is 32.1. The molecule has 4 heteroatoms. The van der Waals surface area contributed by atoms with Crippen molar-refractivity contribution in [2.45, 2.75) is 31.7 Å². The lowest BCUT2D eigenvalue weighted by Crippen LogP contribution is -2.40. The maximum atomic E-state index is 10.9. The van der Waals surface area contributed by atoms with Crippen molar-refractivity contribution in [2.24, 2.45) is 5.73 Å². The Morgan fingerprint density at radius 3 is 3.09 bits per heavy atom. The Bertz CT molecular complexity index is 179. The molecule has 0 aromatic carbocycles. The second-order valence-electron chi connectivity index (χ2n) is 2.83. The second kappa shape index (κ2) is 3.67. The van der Waals surface area contributed by atoms with E-state index in [9.17, 15) is 4.79 Å². The molecule has 1 fully saturated rings. The lowest BCUT2D eigenvalue weighted by Gasteiger charge is -2.22. The van der Waals surface area contributed by atoms with Gasteiger partial charge in [-0.15, -0.1) is 0 Å². The Hall–Kier alpha value is -0.640. The van der Waals surface area contributed by atoms with Crippen LogP contribution in [0.15, 0.2) is 0 Å². The molecule has 1 atom stereocenters. The van der Waals surface area contributed by atoms with E-state index < -0.39 is 0 Å². The van der Waals surface area contributed by atoms with Gasteiger partial charge in [-0.3, -0.25) is 4.79 Å². The van der Waals surface area contributed by atoms with E-state index >= 15 is 0 Å². The minimum absolute atomic E-state index is 0.123. The number of thiocarbonyl (C=S) groups is 1. The summed E-state index contributed by atoms with van der Waals surface area (Å²) in [7, 11) is 0. The van der Waals surface area contributed by atoms with E-state index in [0.29, 0.717) is 17.8 Å². The van der Waals surface area contributed by atoms with Gasteiger partial charge < -0.3 is 11.1 Å². The van der Waals surface area contributed by atoms with Crippen molar-refractivity contribution in [3.05, 3.63) is 0 Å². The molecule has 1 aliphatic heterocycles. The normalized spacial score (nSPS) is 24.4. The first kappa shape index (κ1) is 8.46. The van der Waals surface area contributed by atoms with E-state index in [1.807, 2.05) is 0 Å². The number of nitrogens with two attached hydrogens (primary N) is 1. The van der Waals surface area contributed by atoms with Crippen LogP contribution in [0.2, 0.25) is 0 Å². The summed E-state index contributed by atoms with van der Waals surface area (Å²) in [6, 6.07) is 0.189. The molecule has 0 aliphatic carbocycles. The van der Waals surface area contributed by atoms with E-state index in [1.165, 1.54) is 0 Å². The quantitative estimate of drug-likeness (QED) is 0.590. The van der Waals surface area contributed by atoms with E-state index in [-0.39, 0.29) is 11.9 Å². The summed E-state index contributed by atoms with van der Waals surface area (Å²) in [4.78, 5) is 11.3. The van der Waals surface area contributed by atoms with E-state index in [2.05, 4.69) is 5.32 Å². The predicted molar refractivity (Wildman–Crippen MR) is 47.2 cm³/mol. The molecule has 1 amide bonds. The lowest BCUT2D eigenvalue weighted by molar-refractivity contribution is -0.123. The second-order valence-corrected chi connectivity index (χ2v) is 3.35. The number of piperidine rings is 1. The fraction of sp³-hybridized carbons (Fsp3) is 0.714. The summed E-state index contributed by atoms with van der Waals surface area (Å²) in [5.41, 5.74) is 5.35. The van der Waals surface area contributed by atoms with Crippen molar-refractivity contribution in [1.82, 2.24) is 5.32 Å². The fourth-order valence-electron chi connectivity index (χ4n) is 1.28. The Morgan fingerprint density at radius 1 is 1.82 bits per heavy atom. The van der Waals surface area contributed by atoms with E-state index in [0.717, 1.165) is 12.8 Å². The van der Waals surface area contributed by atoms with Crippen LogP contribution in [0.5, 0.6) is 0 Å². The van der Waals surface area contributed by atoms with Gasteiger partial charge in [-0.25, -0.2) is 0 Å². The summed E-state index contributed by atoms with van der Waals surface area (Å²) in [5.74, 6) is 0.123. The van der Waals surface area contributed by atoms with Crippen LogP contribution in [-0.2, 0) is 4.79 Å². The number of amides is 1. The number of rotatable bonds is 2. The number of carbonyl (C=O) groups excluding carboxylic acids is 1. The van der Waals surface area contributed by atoms with Crippen LogP contribution in [0.4, 0.5) is 0 Å². The average molecular weight is 172 g/mol. The first-order valence-electron chi connectivity index (χ1n) is 3.76. The number of nitrogens with one attached hydrogen (secondary N) is 1. The standard InChI is InChI=1S/C7H12N2OS/c8-6(11)4-5-2-1-3-7(10)9-5/h5H,1-4H2,(H2,8,11)(H,9,10)/t5-/m1/s1. The van der Waals surface area contributed by atoms with Gasteiger partial charge in [0.05, 0.1) is 4.99 Å². The Balaban J connectivity index is 2.34. The van der Waals surface area contributed by atoms with Crippen LogP contribution in [0, 0.1) is 0 Å². The van der Waals surface area contributed by atoms with Crippen LogP contribution in [0.3, 0.4) is 0 Å². The largest absolute Gasteiger partial charge is 0.393 e. The Labute approximate surface area is 71.3 Å². The smallest absolute Gasteiger partial charge is 0.220 e. The monoisotopic (exact) mass is 172 g/mol. The van der Waals surface area contributed by atoms with Gasteiger partial charge in [-0.2, -0.15) is 0 Å². The third-order valence-electron chi connectivity index (χ3n) is 1.77. The van der Waals surface area contributed by atoms with Gasteiger partial charge in [0.15, 0.2) is 0 Å². The van der Waals surface area contributed by atoms with Crippen LogP contribution in [0.25, 0.3) is 0 Å². The van der Waals surface area contributed by atoms with Crippen LogP contribution < -0.4 is 11.1 Å². The topological polar surface area (TPSA) is 55.1 Å². The van der Waals surface area contributed by atoms with Gasteiger partial charge in [0.2, 0.25) is 5.91 Å². The third kappa shape index (κ3) is 2.84. The zero-order chi connectivity index (χ0) is 8.27. The molecule has 0 unspecified atom stereocenters. The summed E-state index contributed by atoms with van der Waals surface area (Å²) in [6.45, 7) is 0. The van der Waals surface area contributed by atoms with Gasteiger partial charge in [-0.05, 0) is 12.8 Å². The molecule has 11 heavy (non-hydrogen) atoms. The predicted octanol–water partition coefficient (Wildman–Crippen LogP) is 0.331. The highest BCUT2D eigenvalue weighted by Crippen LogP contribution is 2.10. The summed E-state index contributed by atoms with van der Waals surface area (Å²) < 4.78 is 0. The van der Waals surface area contributed by atoms with Crippen molar-refractivity contribution >= 4 is 23.1 Å². The van der Waals surface area contributed by atoms with E-state index in [4.69, 9.17) is 18.0 Å². The van der Waals surface area contributed by atoms with Crippen molar-refractivity contribution in [1.29, 1.82) is 0 Å². The van der Waals surface area contributed by atoms with Crippen LogP contribution >= 0.6 is 12.2 Å². The zero-order valence-electron chi connectivity index (χ0n) is 6.30. The van der Waals surface area contributed by atoms with Gasteiger partial charge in [0.1, 0.15) is 0 Å². The van der Waals surface area contributed by atoms with Crippen molar-refractivity contribution < 1.29 is 4.79 Å². The summed E-state index contributed by atoms with van der Waals surface area (Å²) in [6.07, 6.45) is 3.25. The number of hydrogen-bond donors (Lipinski definition) is 2. The highest BCUT2D eigenvalue weighted by molar-refractivity contribution is 7.80. The Morgan fingerprint density at radius 2 is 2.55 bits per heavy atom. The molecular weight excluding hydrogens is 160 g/mol. The molecule has 0 radical (unpaired) electrons. The molecule has 0 aromatic rings. The summed E-state index contributed by atoms with van der Waals surface area (Å²) in [5, 5.41) is 2.84. The molecule has 0 spiro atoms. The number of hydrogen-bond acceptors (Lipinski definition) is 2. The molecular formula is C7H12N2OS. The summed E-state index contributed by atoms with van der Waals surface area (Å²) >= 11 is 4.74. The first-order chi connectivity index (χ1) is 5.18. The SMILES string of the molecule is NC(=S)C[C@H]1CCCC(=O)N1. The average Bonchev–Trinajstić information content (AvgIpc) is 1.85. The molecule has 1 aliphatic rings. The van der Waals surface area contributed by atoms with Gasteiger partial charge in [-0.1, -0.05) is 12.2 Å². The molecule has 1 rings (SSSR count).